The Morgan fingerprint density at radius 1 is 1.48 bits per heavy atom. The van der Waals surface area contributed by atoms with Crippen LogP contribution in [0.4, 0.5) is 5.69 Å². The van der Waals surface area contributed by atoms with Gasteiger partial charge >= 0.3 is 5.97 Å². The maximum Gasteiger partial charge on any atom is 0.312 e. The fourth-order valence-corrected chi connectivity index (χ4v) is 3.71. The van der Waals surface area contributed by atoms with Gasteiger partial charge in [-0.3, -0.25) is 4.79 Å². The van der Waals surface area contributed by atoms with Crippen LogP contribution in [0.25, 0.3) is 11.0 Å². The summed E-state index contributed by atoms with van der Waals surface area (Å²) in [7, 11) is 1.95. The average molecular weight is 317 g/mol. The van der Waals surface area contributed by atoms with Crippen molar-refractivity contribution in [1.82, 2.24) is 9.55 Å². The summed E-state index contributed by atoms with van der Waals surface area (Å²) in [5.74, 6) is -0.883. The number of fused-ring (bicyclic) bond motifs is 1. The zero-order valence-electron chi connectivity index (χ0n) is 13.6. The van der Waals surface area contributed by atoms with Crippen LogP contribution in [0.3, 0.4) is 0 Å². The lowest BCUT2D eigenvalue weighted by Gasteiger charge is -2.43. The summed E-state index contributed by atoms with van der Waals surface area (Å²) in [6.07, 6.45) is 4.56. The van der Waals surface area contributed by atoms with Crippen LogP contribution < -0.4 is 4.90 Å². The molecule has 1 aliphatic heterocycles. The second-order valence-corrected chi connectivity index (χ2v) is 6.42. The van der Waals surface area contributed by atoms with Gasteiger partial charge in [0, 0.05) is 43.6 Å². The molecule has 0 bridgehead atoms. The van der Waals surface area contributed by atoms with E-state index in [-0.39, 0.29) is 0 Å². The van der Waals surface area contributed by atoms with Crippen molar-refractivity contribution in [2.24, 2.45) is 12.5 Å². The number of aryl methyl sites for hydroxylation is 1. The molecule has 0 aromatic carbocycles. The highest BCUT2D eigenvalue weighted by Crippen LogP contribution is 2.39. The predicted octanol–water partition coefficient (Wildman–Crippen LogP) is 2.02. The number of rotatable bonds is 4. The molecule has 3 heterocycles. The molecule has 0 saturated carbocycles. The maximum atomic E-state index is 11.7. The average Bonchev–Trinajstić information content (AvgIpc) is 2.91. The summed E-state index contributed by atoms with van der Waals surface area (Å²) in [6.45, 7) is 2.91. The van der Waals surface area contributed by atoms with Crippen LogP contribution in [0, 0.1) is 5.41 Å². The third-order valence-electron chi connectivity index (χ3n) is 5.07. The molecule has 0 radical (unpaired) electrons. The number of β-amino-alcohol motifs (C(OH)–C–C–N with tert-alkyl or cyclic N) is 1. The van der Waals surface area contributed by atoms with Gasteiger partial charge in [0.25, 0.3) is 0 Å². The normalized spacial score (nSPS) is 25.0. The van der Waals surface area contributed by atoms with E-state index in [1.165, 1.54) is 0 Å². The fourth-order valence-electron chi connectivity index (χ4n) is 3.71. The number of piperidine rings is 1. The molecule has 6 heteroatoms. The van der Waals surface area contributed by atoms with Crippen molar-refractivity contribution in [2.45, 2.75) is 32.3 Å². The number of nitrogens with zero attached hydrogens (tertiary/aromatic N) is 3. The molecule has 1 fully saturated rings. The number of carboxylic acids is 1. The van der Waals surface area contributed by atoms with Crippen LogP contribution in [0.2, 0.25) is 0 Å². The molecule has 124 valence electrons. The Balaban J connectivity index is 1.91. The highest BCUT2D eigenvalue weighted by atomic mass is 16.4. The van der Waals surface area contributed by atoms with Gasteiger partial charge in [-0.05, 0) is 25.0 Å². The highest BCUT2D eigenvalue weighted by Gasteiger charge is 2.48. The molecule has 2 aromatic heterocycles. The predicted molar refractivity (Wildman–Crippen MR) is 88.5 cm³/mol. The molecule has 0 amide bonds. The van der Waals surface area contributed by atoms with Gasteiger partial charge in [-0.2, -0.15) is 0 Å². The molecule has 0 aliphatic carbocycles. The van der Waals surface area contributed by atoms with Crippen molar-refractivity contribution < 1.29 is 15.0 Å². The number of hydrogen-bond acceptors (Lipinski definition) is 4. The first-order valence-corrected chi connectivity index (χ1v) is 8.06. The number of anilines is 1. The minimum absolute atomic E-state index is 0.334. The Hall–Kier alpha value is -2.08. The van der Waals surface area contributed by atoms with Crippen LogP contribution in [-0.4, -0.2) is 44.9 Å². The lowest BCUT2D eigenvalue weighted by Crippen LogP contribution is -2.54. The van der Waals surface area contributed by atoms with Gasteiger partial charge in [-0.1, -0.05) is 13.3 Å². The van der Waals surface area contributed by atoms with Gasteiger partial charge in [-0.15, -0.1) is 0 Å². The molecular formula is C17H23N3O3. The Morgan fingerprint density at radius 2 is 2.26 bits per heavy atom. The van der Waals surface area contributed by atoms with Crippen LogP contribution in [0.5, 0.6) is 0 Å². The zero-order chi connectivity index (χ0) is 16.6. The number of carboxylic acid groups (broad SMARTS) is 1. The molecule has 6 nitrogen and oxygen atoms in total. The molecule has 0 spiro atoms. The van der Waals surface area contributed by atoms with Crippen LogP contribution in [0.15, 0.2) is 24.5 Å². The van der Waals surface area contributed by atoms with E-state index in [0.717, 1.165) is 23.1 Å². The highest BCUT2D eigenvalue weighted by molar-refractivity contribution is 5.90. The number of aliphatic carboxylic acids is 1. The van der Waals surface area contributed by atoms with Crippen molar-refractivity contribution in [1.29, 1.82) is 0 Å². The smallest absolute Gasteiger partial charge is 0.312 e. The summed E-state index contributed by atoms with van der Waals surface area (Å²) >= 11 is 0. The summed E-state index contributed by atoms with van der Waals surface area (Å²) in [5.41, 5.74) is 0.874. The topological polar surface area (TPSA) is 78.6 Å². The molecule has 2 aromatic rings. The minimum atomic E-state index is -1.02. The van der Waals surface area contributed by atoms with Gasteiger partial charge in [0.15, 0.2) is 0 Å². The second-order valence-electron chi connectivity index (χ2n) is 6.42. The van der Waals surface area contributed by atoms with E-state index in [1.54, 1.807) is 6.20 Å². The number of aliphatic hydroxyl groups excluding tert-OH is 1. The zero-order valence-corrected chi connectivity index (χ0v) is 13.6. The summed E-state index contributed by atoms with van der Waals surface area (Å²) < 4.78 is 1.96. The first-order valence-electron chi connectivity index (χ1n) is 8.06. The molecule has 0 unspecified atom stereocenters. The SMILES string of the molecule is CCC[C@]1(C(=O)O)CCN(c2ccnc3c2ccn3C)C[C@@H]1O. The molecule has 23 heavy (non-hydrogen) atoms. The van der Waals surface area contributed by atoms with Crippen LogP contribution in [0.1, 0.15) is 26.2 Å². The molecule has 2 N–H and O–H groups in total. The lowest BCUT2D eigenvalue weighted by atomic mass is 9.72. The Bertz CT molecular complexity index is 727. The number of aliphatic hydroxyl groups is 1. The quantitative estimate of drug-likeness (QED) is 0.902. The Morgan fingerprint density at radius 3 is 2.91 bits per heavy atom. The first-order chi connectivity index (χ1) is 11.0. The van der Waals surface area contributed by atoms with Gasteiger partial charge in [0.1, 0.15) is 5.65 Å². The fraction of sp³-hybridized carbons (Fsp3) is 0.529. The van der Waals surface area contributed by atoms with E-state index in [0.29, 0.717) is 25.9 Å². The summed E-state index contributed by atoms with van der Waals surface area (Å²) in [4.78, 5) is 18.2. The van der Waals surface area contributed by atoms with Gasteiger partial charge in [0.2, 0.25) is 0 Å². The third kappa shape index (κ3) is 2.47. The van der Waals surface area contributed by atoms with Gasteiger partial charge in [-0.25, -0.2) is 4.98 Å². The van der Waals surface area contributed by atoms with Crippen LogP contribution >= 0.6 is 0 Å². The van der Waals surface area contributed by atoms with E-state index >= 15 is 0 Å². The van der Waals surface area contributed by atoms with E-state index in [2.05, 4.69) is 9.88 Å². The number of aromatic nitrogens is 2. The lowest BCUT2D eigenvalue weighted by molar-refractivity contribution is -0.159. The number of hydrogen-bond donors (Lipinski definition) is 2. The van der Waals surface area contributed by atoms with Crippen molar-refractivity contribution in [3.05, 3.63) is 24.5 Å². The largest absolute Gasteiger partial charge is 0.481 e. The first kappa shape index (κ1) is 15.8. The van der Waals surface area contributed by atoms with Gasteiger partial charge < -0.3 is 19.7 Å². The monoisotopic (exact) mass is 317 g/mol. The Kier molecular flexibility index (Phi) is 4.02. The molecular weight excluding hydrogens is 294 g/mol. The van der Waals surface area contributed by atoms with Crippen molar-refractivity contribution >= 4 is 22.7 Å². The summed E-state index contributed by atoms with van der Waals surface area (Å²) in [5, 5.41) is 21.2. The number of carbonyl (C=O) groups is 1. The standard InChI is InChI=1S/C17H23N3O3/c1-3-6-17(16(22)23)7-10-20(11-14(17)21)13-4-8-18-15-12(13)5-9-19(15)2/h4-5,8-9,14,21H,3,6-7,10-11H2,1-2H3,(H,22,23)/t14-,17-/m0/s1. The molecule has 1 saturated heterocycles. The van der Waals surface area contributed by atoms with Crippen molar-refractivity contribution in [3.63, 3.8) is 0 Å². The summed E-state index contributed by atoms with van der Waals surface area (Å²) in [6, 6.07) is 3.94. The van der Waals surface area contributed by atoms with E-state index in [9.17, 15) is 15.0 Å². The van der Waals surface area contributed by atoms with Crippen LogP contribution in [-0.2, 0) is 11.8 Å². The molecule has 1 aliphatic rings. The van der Waals surface area contributed by atoms with E-state index in [1.807, 2.05) is 36.9 Å². The van der Waals surface area contributed by atoms with Crippen molar-refractivity contribution in [2.75, 3.05) is 18.0 Å². The van der Waals surface area contributed by atoms with E-state index < -0.39 is 17.5 Å². The minimum Gasteiger partial charge on any atom is -0.481 e. The number of pyridine rings is 1. The molecule has 3 rings (SSSR count). The second kappa shape index (κ2) is 5.85. The van der Waals surface area contributed by atoms with E-state index in [4.69, 9.17) is 0 Å². The Labute approximate surface area is 135 Å². The van der Waals surface area contributed by atoms with Crippen molar-refractivity contribution in [3.8, 4) is 0 Å². The third-order valence-corrected chi connectivity index (χ3v) is 5.07. The maximum absolute atomic E-state index is 11.7. The molecule has 2 atom stereocenters. The van der Waals surface area contributed by atoms with Gasteiger partial charge in [0.05, 0.1) is 11.5 Å².